The van der Waals surface area contributed by atoms with Crippen molar-refractivity contribution in [3.8, 4) is 0 Å². The number of aromatic nitrogens is 3. The second kappa shape index (κ2) is 3.70. The van der Waals surface area contributed by atoms with Gasteiger partial charge in [-0.3, -0.25) is 0 Å². The number of hydrogen-bond acceptors (Lipinski definition) is 4. The van der Waals surface area contributed by atoms with Crippen molar-refractivity contribution in [2.45, 2.75) is 19.6 Å². The Morgan fingerprint density at radius 3 is 3.08 bits per heavy atom. The maximum absolute atomic E-state index is 10.3. The van der Waals surface area contributed by atoms with E-state index in [1.54, 1.807) is 24.0 Å². The van der Waals surface area contributed by atoms with Crippen molar-refractivity contribution in [1.29, 1.82) is 0 Å². The van der Waals surface area contributed by atoms with E-state index in [4.69, 9.17) is 5.73 Å². The molecule has 0 spiro atoms. The van der Waals surface area contributed by atoms with Gasteiger partial charge in [0.2, 0.25) is 0 Å². The first-order valence-electron chi connectivity index (χ1n) is 3.48. The topological polar surface area (TPSA) is 83.0 Å². The fraction of sp³-hybridized carbons (Fsp3) is 0.500. The molecule has 0 fully saturated rings. The number of nitrogens with zero attached hydrogens (tertiary/aromatic N) is 3. The molecule has 0 saturated carbocycles. The third-order valence-electron chi connectivity index (χ3n) is 1.23. The van der Waals surface area contributed by atoms with E-state index in [9.17, 15) is 4.79 Å². The van der Waals surface area contributed by atoms with Gasteiger partial charge in [-0.1, -0.05) is 5.21 Å². The lowest BCUT2D eigenvalue weighted by Crippen LogP contribution is -2.24. The third-order valence-corrected chi connectivity index (χ3v) is 1.23. The molecule has 2 N–H and O–H groups in total. The van der Waals surface area contributed by atoms with Crippen LogP contribution in [0.4, 0.5) is 4.79 Å². The van der Waals surface area contributed by atoms with Gasteiger partial charge in [0.25, 0.3) is 0 Å². The van der Waals surface area contributed by atoms with Crippen LogP contribution in [0.25, 0.3) is 0 Å². The molecule has 0 unspecified atom stereocenters. The van der Waals surface area contributed by atoms with Crippen LogP contribution in [-0.4, -0.2) is 27.2 Å². The largest absolute Gasteiger partial charge is 0.445 e. The summed E-state index contributed by atoms with van der Waals surface area (Å²) in [4.78, 5) is 10.3. The van der Waals surface area contributed by atoms with E-state index in [1.807, 2.05) is 0 Å². The van der Waals surface area contributed by atoms with Crippen LogP contribution in [0.5, 0.6) is 0 Å². The molecular formula is C6H10N4O2. The summed E-state index contributed by atoms with van der Waals surface area (Å²) in [6.45, 7) is 2.19. The Bertz CT molecular complexity index is 246. The SMILES string of the molecule is C[C@H](Cn1ccnn1)OC(N)=O. The van der Waals surface area contributed by atoms with Crippen molar-refractivity contribution in [2.24, 2.45) is 5.73 Å². The minimum Gasteiger partial charge on any atom is -0.445 e. The van der Waals surface area contributed by atoms with Crippen LogP contribution in [0, 0.1) is 0 Å². The van der Waals surface area contributed by atoms with Gasteiger partial charge in [-0.2, -0.15) is 0 Å². The minimum absolute atomic E-state index is 0.288. The summed E-state index contributed by atoms with van der Waals surface area (Å²) in [5.74, 6) is 0. The predicted octanol–water partition coefficient (Wildman–Crippen LogP) is -0.238. The first-order chi connectivity index (χ1) is 5.68. The van der Waals surface area contributed by atoms with E-state index >= 15 is 0 Å². The number of amides is 1. The molecule has 6 nitrogen and oxygen atoms in total. The maximum Gasteiger partial charge on any atom is 0.404 e. The molecule has 1 rings (SSSR count). The first-order valence-corrected chi connectivity index (χ1v) is 3.48. The maximum atomic E-state index is 10.3. The van der Waals surface area contributed by atoms with Crippen molar-refractivity contribution >= 4 is 6.09 Å². The van der Waals surface area contributed by atoms with Gasteiger partial charge in [-0.25, -0.2) is 9.48 Å². The van der Waals surface area contributed by atoms with Gasteiger partial charge < -0.3 is 10.5 Å². The van der Waals surface area contributed by atoms with Crippen molar-refractivity contribution in [3.63, 3.8) is 0 Å². The van der Waals surface area contributed by atoms with Crippen LogP contribution in [0.3, 0.4) is 0 Å². The molecule has 1 amide bonds. The Balaban J connectivity index is 2.36. The summed E-state index contributed by atoms with van der Waals surface area (Å²) in [5.41, 5.74) is 4.82. The van der Waals surface area contributed by atoms with E-state index in [1.165, 1.54) is 0 Å². The second-order valence-electron chi connectivity index (χ2n) is 2.37. The molecule has 0 bridgehead atoms. The lowest BCUT2D eigenvalue weighted by Gasteiger charge is -2.09. The molecule has 0 radical (unpaired) electrons. The summed E-state index contributed by atoms with van der Waals surface area (Å²) in [5, 5.41) is 7.29. The molecular weight excluding hydrogens is 160 g/mol. The fourth-order valence-corrected chi connectivity index (χ4v) is 0.829. The van der Waals surface area contributed by atoms with Gasteiger partial charge >= 0.3 is 6.09 Å². The van der Waals surface area contributed by atoms with E-state index in [0.29, 0.717) is 6.54 Å². The Hall–Kier alpha value is -1.59. The van der Waals surface area contributed by atoms with E-state index < -0.39 is 6.09 Å². The highest BCUT2D eigenvalue weighted by atomic mass is 16.6. The van der Waals surface area contributed by atoms with Gasteiger partial charge in [-0.15, -0.1) is 5.10 Å². The fourth-order valence-electron chi connectivity index (χ4n) is 0.829. The number of carbonyl (C=O) groups excluding carboxylic acids is 1. The van der Waals surface area contributed by atoms with Gasteiger partial charge in [0.1, 0.15) is 6.10 Å². The minimum atomic E-state index is -0.775. The summed E-state index contributed by atoms with van der Waals surface area (Å²) < 4.78 is 6.24. The standard InChI is InChI=1S/C6H10N4O2/c1-5(12-6(7)11)4-10-3-2-8-9-10/h2-3,5H,4H2,1H3,(H2,7,11)/t5-/m1/s1. The molecule has 0 aromatic carbocycles. The molecule has 0 saturated heterocycles. The Morgan fingerprint density at radius 1 is 1.83 bits per heavy atom. The van der Waals surface area contributed by atoms with Crippen molar-refractivity contribution in [2.75, 3.05) is 0 Å². The Morgan fingerprint density at radius 2 is 2.58 bits per heavy atom. The first kappa shape index (κ1) is 8.51. The van der Waals surface area contributed by atoms with Crippen molar-refractivity contribution < 1.29 is 9.53 Å². The normalized spacial score (nSPS) is 12.4. The highest BCUT2D eigenvalue weighted by Gasteiger charge is 2.06. The molecule has 0 aliphatic rings. The number of ether oxygens (including phenoxy) is 1. The molecule has 12 heavy (non-hydrogen) atoms. The Labute approximate surface area is 69.3 Å². The van der Waals surface area contributed by atoms with Gasteiger partial charge in [0.15, 0.2) is 0 Å². The van der Waals surface area contributed by atoms with Crippen LogP contribution in [0.15, 0.2) is 12.4 Å². The van der Waals surface area contributed by atoms with Crippen molar-refractivity contribution in [1.82, 2.24) is 15.0 Å². The molecule has 1 aromatic rings. The zero-order valence-corrected chi connectivity index (χ0v) is 6.67. The summed E-state index contributed by atoms with van der Waals surface area (Å²) >= 11 is 0. The summed E-state index contributed by atoms with van der Waals surface area (Å²) in [7, 11) is 0. The number of carbonyl (C=O) groups is 1. The molecule has 0 aliphatic heterocycles. The highest BCUT2D eigenvalue weighted by molar-refractivity contribution is 5.64. The zero-order chi connectivity index (χ0) is 8.97. The van der Waals surface area contributed by atoms with Gasteiger partial charge in [0.05, 0.1) is 12.7 Å². The van der Waals surface area contributed by atoms with Crippen LogP contribution in [-0.2, 0) is 11.3 Å². The summed E-state index contributed by atoms with van der Waals surface area (Å²) in [6.07, 6.45) is 2.17. The smallest absolute Gasteiger partial charge is 0.404 e. The molecule has 1 atom stereocenters. The quantitative estimate of drug-likeness (QED) is 0.678. The lowest BCUT2D eigenvalue weighted by atomic mass is 10.4. The highest BCUT2D eigenvalue weighted by Crippen LogP contribution is 1.93. The summed E-state index contributed by atoms with van der Waals surface area (Å²) in [6, 6.07) is 0. The van der Waals surface area contributed by atoms with Crippen molar-refractivity contribution in [3.05, 3.63) is 12.4 Å². The monoisotopic (exact) mass is 170 g/mol. The number of hydrogen-bond donors (Lipinski definition) is 1. The van der Waals surface area contributed by atoms with Crippen LogP contribution < -0.4 is 5.73 Å². The molecule has 1 heterocycles. The Kier molecular flexibility index (Phi) is 2.62. The van der Waals surface area contributed by atoms with E-state index in [2.05, 4.69) is 15.0 Å². The molecule has 66 valence electrons. The molecule has 1 aromatic heterocycles. The average molecular weight is 170 g/mol. The van der Waals surface area contributed by atoms with Crippen LogP contribution in [0.1, 0.15) is 6.92 Å². The second-order valence-corrected chi connectivity index (χ2v) is 2.37. The lowest BCUT2D eigenvalue weighted by molar-refractivity contribution is 0.104. The zero-order valence-electron chi connectivity index (χ0n) is 6.67. The third kappa shape index (κ3) is 2.57. The van der Waals surface area contributed by atoms with Gasteiger partial charge in [-0.05, 0) is 6.92 Å². The number of nitrogens with two attached hydrogens (primary N) is 1. The van der Waals surface area contributed by atoms with Gasteiger partial charge in [0, 0.05) is 6.20 Å². The van der Waals surface area contributed by atoms with E-state index in [-0.39, 0.29) is 6.10 Å². The average Bonchev–Trinajstić information content (AvgIpc) is 2.37. The van der Waals surface area contributed by atoms with Crippen LogP contribution in [0.2, 0.25) is 0 Å². The predicted molar refractivity (Wildman–Crippen MR) is 40.2 cm³/mol. The molecule has 6 heteroatoms. The number of primary amides is 1. The number of rotatable bonds is 3. The van der Waals surface area contributed by atoms with E-state index in [0.717, 1.165) is 0 Å². The van der Waals surface area contributed by atoms with Crippen LogP contribution >= 0.6 is 0 Å². The molecule has 0 aliphatic carbocycles.